The number of thiol groups is 1. The first-order chi connectivity index (χ1) is 8.08. The molecule has 0 amide bonds. The molecule has 3 nitrogen and oxygen atoms in total. The maximum absolute atomic E-state index is 8.61. The van der Waals surface area contributed by atoms with E-state index in [1.165, 1.54) is 27.6 Å². The predicted octanol–water partition coefficient (Wildman–Crippen LogP) is 3.58. The Morgan fingerprint density at radius 3 is 2.47 bits per heavy atom. The summed E-state index contributed by atoms with van der Waals surface area (Å²) in [6.07, 6.45) is 1.44. The fourth-order valence-electron chi connectivity index (χ4n) is 1.28. The molecule has 0 unspecified atom stereocenters. The number of rotatable bonds is 0. The van der Waals surface area contributed by atoms with E-state index in [2.05, 4.69) is 35.6 Å². The van der Waals surface area contributed by atoms with E-state index < -0.39 is 0 Å². The smallest absolute Gasteiger partial charge is 0.214 e. The van der Waals surface area contributed by atoms with Crippen molar-refractivity contribution in [1.29, 1.82) is 0 Å². The second kappa shape index (κ2) is 5.16. The first-order valence-electron chi connectivity index (χ1n) is 4.76. The minimum absolute atomic E-state index is 0.0509. The summed E-state index contributed by atoms with van der Waals surface area (Å²) in [6.45, 7) is 2.10. The average molecular weight is 285 g/mol. The third kappa shape index (κ3) is 2.86. The quantitative estimate of drug-likeness (QED) is 0.489. The van der Waals surface area contributed by atoms with Crippen LogP contribution in [0.4, 0.5) is 0 Å². The van der Waals surface area contributed by atoms with Crippen molar-refractivity contribution in [2.45, 2.75) is 21.9 Å². The van der Waals surface area contributed by atoms with Gasteiger partial charge in [-0.25, -0.2) is 4.98 Å². The Balaban J connectivity index is 0.000000128. The summed E-state index contributed by atoms with van der Waals surface area (Å²) in [6, 6.07) is 5.41. The summed E-state index contributed by atoms with van der Waals surface area (Å²) >= 11 is 11.4. The van der Waals surface area contributed by atoms with E-state index in [1.54, 1.807) is 11.8 Å². The number of hydrogen-bond acceptors (Lipinski definition) is 5. The first-order valence-corrected chi connectivity index (χ1v) is 6.40. The van der Waals surface area contributed by atoms with Gasteiger partial charge in [0.1, 0.15) is 0 Å². The summed E-state index contributed by atoms with van der Waals surface area (Å²) in [5.74, 6) is -0.0509. The van der Waals surface area contributed by atoms with Crippen LogP contribution in [0.1, 0.15) is 5.56 Å². The zero-order chi connectivity index (χ0) is 12.4. The van der Waals surface area contributed by atoms with E-state index in [4.69, 9.17) is 16.7 Å². The molecule has 0 atom stereocenters. The topological polar surface area (TPSA) is 46.0 Å². The SMILES string of the molecule is Cc1c2ccc(Cl)c1S2.Oc1ccnc(S)n1. The summed E-state index contributed by atoms with van der Waals surface area (Å²) < 4.78 is 0. The van der Waals surface area contributed by atoms with Gasteiger partial charge in [0, 0.05) is 22.1 Å². The molecule has 2 aromatic rings. The summed E-state index contributed by atoms with van der Waals surface area (Å²) in [5, 5.41) is 9.79. The highest BCUT2D eigenvalue weighted by Gasteiger charge is 2.18. The Bertz CT molecular complexity index is 539. The van der Waals surface area contributed by atoms with Crippen LogP contribution in [0.3, 0.4) is 0 Å². The molecular weight excluding hydrogens is 276 g/mol. The van der Waals surface area contributed by atoms with Crippen molar-refractivity contribution in [1.82, 2.24) is 9.97 Å². The lowest BCUT2D eigenvalue weighted by Gasteiger charge is -2.20. The highest BCUT2D eigenvalue weighted by atomic mass is 35.5. The second-order valence-corrected chi connectivity index (χ2v) is 5.18. The highest BCUT2D eigenvalue weighted by molar-refractivity contribution is 8.00. The third-order valence-electron chi connectivity index (χ3n) is 2.15. The van der Waals surface area contributed by atoms with Crippen LogP contribution in [-0.4, -0.2) is 15.1 Å². The number of aromatic hydroxyl groups is 1. The van der Waals surface area contributed by atoms with Gasteiger partial charge in [-0.3, -0.25) is 0 Å². The van der Waals surface area contributed by atoms with Crippen molar-refractivity contribution < 1.29 is 5.11 Å². The number of nitrogens with zero attached hydrogens (tertiary/aromatic N) is 2. The van der Waals surface area contributed by atoms with E-state index >= 15 is 0 Å². The monoisotopic (exact) mass is 284 g/mol. The Hall–Kier alpha value is -0.910. The second-order valence-electron chi connectivity index (χ2n) is 3.32. The summed E-state index contributed by atoms with van der Waals surface area (Å²) in [7, 11) is 0. The van der Waals surface area contributed by atoms with Gasteiger partial charge in [0.25, 0.3) is 0 Å². The third-order valence-corrected chi connectivity index (χ3v) is 4.18. The molecule has 0 radical (unpaired) electrons. The van der Waals surface area contributed by atoms with Gasteiger partial charge in [0.15, 0.2) is 5.16 Å². The van der Waals surface area contributed by atoms with Crippen LogP contribution >= 0.6 is 36.0 Å². The Labute approximate surface area is 114 Å². The van der Waals surface area contributed by atoms with Crippen molar-refractivity contribution in [3.63, 3.8) is 0 Å². The molecule has 17 heavy (non-hydrogen) atoms. The van der Waals surface area contributed by atoms with Crippen molar-refractivity contribution >= 4 is 36.0 Å². The number of halogens is 1. The molecular formula is C11H9ClN2OS2. The lowest BCUT2D eigenvalue weighted by Crippen LogP contribution is -1.94. The lowest BCUT2D eigenvalue weighted by atomic mass is 10.2. The van der Waals surface area contributed by atoms with Gasteiger partial charge < -0.3 is 5.11 Å². The van der Waals surface area contributed by atoms with Crippen LogP contribution in [0.25, 0.3) is 0 Å². The number of aromatic nitrogens is 2. The fourth-order valence-corrected chi connectivity index (χ4v) is 2.66. The van der Waals surface area contributed by atoms with Gasteiger partial charge in [-0.05, 0) is 24.6 Å². The number of hydrogen-bond donors (Lipinski definition) is 2. The molecule has 0 fully saturated rings. The number of fused-ring (bicyclic) bond motifs is 2. The molecule has 3 heterocycles. The maximum atomic E-state index is 8.61. The van der Waals surface area contributed by atoms with Gasteiger partial charge in [0.2, 0.25) is 5.88 Å². The molecule has 0 saturated heterocycles. The van der Waals surface area contributed by atoms with Crippen LogP contribution in [0.2, 0.25) is 5.02 Å². The van der Waals surface area contributed by atoms with Gasteiger partial charge in [-0.1, -0.05) is 23.4 Å². The summed E-state index contributed by atoms with van der Waals surface area (Å²) in [4.78, 5) is 9.74. The zero-order valence-electron chi connectivity index (χ0n) is 8.88. The van der Waals surface area contributed by atoms with Crippen LogP contribution in [-0.2, 0) is 0 Å². The maximum Gasteiger partial charge on any atom is 0.214 e. The van der Waals surface area contributed by atoms with Gasteiger partial charge in [-0.15, -0.1) is 12.6 Å². The number of benzene rings is 1. The molecule has 2 bridgehead atoms. The average Bonchev–Trinajstić information content (AvgIpc) is 2.28. The van der Waals surface area contributed by atoms with Crippen LogP contribution in [0.15, 0.2) is 39.3 Å². The van der Waals surface area contributed by atoms with Gasteiger partial charge >= 0.3 is 0 Å². The molecule has 2 aliphatic heterocycles. The Kier molecular flexibility index (Phi) is 3.81. The van der Waals surface area contributed by atoms with Gasteiger partial charge in [0.05, 0.1) is 5.02 Å². The van der Waals surface area contributed by atoms with Crippen LogP contribution < -0.4 is 0 Å². The largest absolute Gasteiger partial charge is 0.493 e. The Morgan fingerprint density at radius 2 is 2.12 bits per heavy atom. The minimum atomic E-state index is -0.0509. The molecule has 6 heteroatoms. The number of aryl methyl sites for hydroxylation is 1. The summed E-state index contributed by atoms with van der Waals surface area (Å²) in [5.41, 5.74) is 1.35. The van der Waals surface area contributed by atoms with Crippen molar-refractivity contribution in [3.8, 4) is 5.88 Å². The van der Waals surface area contributed by atoms with E-state index in [1.807, 2.05) is 6.07 Å². The molecule has 4 rings (SSSR count). The van der Waals surface area contributed by atoms with E-state index in [-0.39, 0.29) is 11.0 Å². The lowest BCUT2D eigenvalue weighted by molar-refractivity contribution is 0.445. The molecule has 2 aliphatic rings. The normalized spacial score (nSPS) is 11.2. The van der Waals surface area contributed by atoms with Crippen LogP contribution in [0, 0.1) is 6.92 Å². The van der Waals surface area contributed by atoms with Gasteiger partial charge in [-0.2, -0.15) is 4.98 Å². The molecule has 88 valence electrons. The van der Waals surface area contributed by atoms with Crippen LogP contribution in [0.5, 0.6) is 5.88 Å². The highest BCUT2D eigenvalue weighted by Crippen LogP contribution is 2.48. The van der Waals surface area contributed by atoms with E-state index in [0.717, 1.165) is 5.02 Å². The molecule has 1 aromatic carbocycles. The molecule has 1 N–H and O–H groups in total. The molecule has 0 spiro atoms. The fraction of sp³-hybridized carbons (Fsp3) is 0.0909. The zero-order valence-corrected chi connectivity index (χ0v) is 11.4. The minimum Gasteiger partial charge on any atom is -0.493 e. The molecule has 0 saturated carbocycles. The molecule has 1 aromatic heterocycles. The van der Waals surface area contributed by atoms with E-state index in [9.17, 15) is 0 Å². The van der Waals surface area contributed by atoms with Crippen molar-refractivity contribution in [3.05, 3.63) is 35.0 Å². The molecule has 0 aliphatic carbocycles. The standard InChI is InChI=1S/C7H5ClS.C4H4N2OS/c1-4-6-3-2-5(8)7(4)9-6;7-3-1-2-5-4(8)6-3/h2-3H,1H3;1-2H,(H2,5,6,7,8). The first kappa shape index (κ1) is 12.5. The van der Waals surface area contributed by atoms with Crippen molar-refractivity contribution in [2.75, 3.05) is 0 Å². The van der Waals surface area contributed by atoms with Crippen molar-refractivity contribution in [2.24, 2.45) is 0 Å². The predicted molar refractivity (Wildman–Crippen MR) is 71.3 cm³/mol. The van der Waals surface area contributed by atoms with E-state index in [0.29, 0.717) is 0 Å². The Morgan fingerprint density at radius 1 is 1.35 bits per heavy atom.